The Kier molecular flexibility index (Phi) is 5.93. The van der Waals surface area contributed by atoms with E-state index >= 15 is 0 Å². The molecule has 1 unspecified atom stereocenters. The van der Waals surface area contributed by atoms with Crippen LogP contribution in [0.25, 0.3) is 0 Å². The fraction of sp³-hybridized carbons (Fsp3) is 0.846. The Morgan fingerprint density at radius 3 is 2.86 bits per heavy atom. The van der Waals surface area contributed by atoms with E-state index in [9.17, 15) is 0 Å². The second-order valence-electron chi connectivity index (χ2n) is 4.70. The molecule has 0 aromatic carbocycles. The van der Waals surface area contributed by atoms with Crippen LogP contribution < -0.4 is 5.73 Å². The molecule has 0 saturated heterocycles. The van der Waals surface area contributed by atoms with Gasteiger partial charge in [-0.2, -0.15) is 0 Å². The number of allylic oxidation sites excluding steroid dienone is 1. The SMILES string of the molecule is CC1CCCCCC/C=C(/CCN)C1. The standard InChI is InChI=1S/C13H25N/c1-12-7-5-3-2-4-6-8-13(11-12)9-10-14/h8,12H,2-7,9-11,14H2,1H3/b13-8-. The van der Waals surface area contributed by atoms with Gasteiger partial charge in [0, 0.05) is 0 Å². The molecule has 0 aromatic rings. The van der Waals surface area contributed by atoms with E-state index < -0.39 is 0 Å². The van der Waals surface area contributed by atoms with Gasteiger partial charge in [0.2, 0.25) is 0 Å². The minimum atomic E-state index is 0.818. The summed E-state index contributed by atoms with van der Waals surface area (Å²) in [5.41, 5.74) is 7.24. The van der Waals surface area contributed by atoms with E-state index in [0.29, 0.717) is 0 Å². The van der Waals surface area contributed by atoms with Crippen molar-refractivity contribution in [3.05, 3.63) is 11.6 Å². The van der Waals surface area contributed by atoms with Crippen LogP contribution in [0.15, 0.2) is 11.6 Å². The third kappa shape index (κ3) is 4.80. The van der Waals surface area contributed by atoms with Crippen molar-refractivity contribution in [1.29, 1.82) is 0 Å². The van der Waals surface area contributed by atoms with E-state index in [4.69, 9.17) is 5.73 Å². The van der Waals surface area contributed by atoms with Crippen LogP contribution in [0.5, 0.6) is 0 Å². The molecule has 0 amide bonds. The van der Waals surface area contributed by atoms with Gasteiger partial charge < -0.3 is 5.73 Å². The minimum absolute atomic E-state index is 0.818. The largest absolute Gasteiger partial charge is 0.330 e. The fourth-order valence-electron chi connectivity index (χ4n) is 2.32. The second kappa shape index (κ2) is 7.05. The molecular formula is C13H25N. The van der Waals surface area contributed by atoms with Crippen molar-refractivity contribution in [2.75, 3.05) is 6.54 Å². The maximum Gasteiger partial charge on any atom is -0.00399 e. The van der Waals surface area contributed by atoms with Crippen LogP contribution in [-0.2, 0) is 0 Å². The molecule has 0 aliphatic heterocycles. The van der Waals surface area contributed by atoms with Crippen molar-refractivity contribution in [2.24, 2.45) is 11.7 Å². The van der Waals surface area contributed by atoms with Gasteiger partial charge in [-0.15, -0.1) is 0 Å². The molecule has 0 fully saturated rings. The third-order valence-corrected chi connectivity index (χ3v) is 3.16. The van der Waals surface area contributed by atoms with E-state index in [0.717, 1.165) is 18.9 Å². The lowest BCUT2D eigenvalue weighted by atomic mass is 9.91. The zero-order chi connectivity index (χ0) is 10.2. The number of rotatable bonds is 2. The molecule has 0 spiro atoms. The van der Waals surface area contributed by atoms with Crippen LogP contribution in [0.2, 0.25) is 0 Å². The van der Waals surface area contributed by atoms with Gasteiger partial charge in [-0.25, -0.2) is 0 Å². The summed E-state index contributed by atoms with van der Waals surface area (Å²) in [6.07, 6.45) is 13.2. The average Bonchev–Trinajstić information content (AvgIpc) is 2.17. The van der Waals surface area contributed by atoms with Crippen molar-refractivity contribution in [2.45, 2.75) is 58.3 Å². The Balaban J connectivity index is 2.45. The van der Waals surface area contributed by atoms with Gasteiger partial charge in [0.05, 0.1) is 0 Å². The van der Waals surface area contributed by atoms with Crippen molar-refractivity contribution >= 4 is 0 Å². The Morgan fingerprint density at radius 1 is 1.29 bits per heavy atom. The Labute approximate surface area is 88.8 Å². The van der Waals surface area contributed by atoms with E-state index in [1.165, 1.54) is 44.9 Å². The lowest BCUT2D eigenvalue weighted by Crippen LogP contribution is -2.05. The summed E-state index contributed by atoms with van der Waals surface area (Å²) in [6.45, 7) is 3.20. The Hall–Kier alpha value is -0.300. The van der Waals surface area contributed by atoms with Crippen molar-refractivity contribution in [1.82, 2.24) is 0 Å². The van der Waals surface area contributed by atoms with Gasteiger partial charge in [0.1, 0.15) is 0 Å². The average molecular weight is 195 g/mol. The molecule has 0 radical (unpaired) electrons. The van der Waals surface area contributed by atoms with Crippen LogP contribution in [0.3, 0.4) is 0 Å². The van der Waals surface area contributed by atoms with Crippen LogP contribution >= 0.6 is 0 Å². The summed E-state index contributed by atoms with van der Waals surface area (Å²) in [6, 6.07) is 0. The molecule has 1 rings (SSSR count). The molecule has 1 nitrogen and oxygen atoms in total. The number of hydrogen-bond acceptors (Lipinski definition) is 1. The predicted octanol–water partition coefficient (Wildman–Crippen LogP) is 3.64. The first kappa shape index (κ1) is 11.8. The predicted molar refractivity (Wildman–Crippen MR) is 63.2 cm³/mol. The smallest absolute Gasteiger partial charge is 0.00399 e. The molecule has 1 aliphatic carbocycles. The molecule has 2 N–H and O–H groups in total. The summed E-state index contributed by atoms with van der Waals surface area (Å²) in [4.78, 5) is 0. The van der Waals surface area contributed by atoms with E-state index in [2.05, 4.69) is 13.0 Å². The molecule has 82 valence electrons. The van der Waals surface area contributed by atoms with Crippen LogP contribution in [0, 0.1) is 5.92 Å². The fourth-order valence-corrected chi connectivity index (χ4v) is 2.32. The molecule has 0 aromatic heterocycles. The lowest BCUT2D eigenvalue weighted by molar-refractivity contribution is 0.472. The molecule has 0 bridgehead atoms. The van der Waals surface area contributed by atoms with Crippen LogP contribution in [0.1, 0.15) is 58.3 Å². The summed E-state index contributed by atoms with van der Waals surface area (Å²) in [5, 5.41) is 0. The van der Waals surface area contributed by atoms with Crippen molar-refractivity contribution in [3.63, 3.8) is 0 Å². The second-order valence-corrected chi connectivity index (χ2v) is 4.70. The maximum atomic E-state index is 5.62. The highest BCUT2D eigenvalue weighted by atomic mass is 14.5. The highest BCUT2D eigenvalue weighted by Crippen LogP contribution is 2.22. The highest BCUT2D eigenvalue weighted by Gasteiger charge is 2.07. The van der Waals surface area contributed by atoms with E-state index in [1.807, 2.05) is 0 Å². The normalized spacial score (nSPS) is 29.3. The maximum absolute atomic E-state index is 5.62. The van der Waals surface area contributed by atoms with Gasteiger partial charge in [0.15, 0.2) is 0 Å². The van der Waals surface area contributed by atoms with E-state index in [-0.39, 0.29) is 0 Å². The molecule has 1 heteroatoms. The number of hydrogen-bond donors (Lipinski definition) is 1. The van der Waals surface area contributed by atoms with Gasteiger partial charge in [-0.05, 0) is 38.1 Å². The first-order valence-corrected chi connectivity index (χ1v) is 6.21. The zero-order valence-electron chi connectivity index (χ0n) is 9.60. The first-order chi connectivity index (χ1) is 6.83. The first-order valence-electron chi connectivity index (χ1n) is 6.21. The Bertz CT molecular complexity index is 172. The van der Waals surface area contributed by atoms with Gasteiger partial charge in [0.25, 0.3) is 0 Å². The monoisotopic (exact) mass is 195 g/mol. The van der Waals surface area contributed by atoms with Gasteiger partial charge >= 0.3 is 0 Å². The molecule has 1 atom stereocenters. The molecule has 0 heterocycles. The summed E-state index contributed by atoms with van der Waals surface area (Å²) < 4.78 is 0. The minimum Gasteiger partial charge on any atom is -0.330 e. The van der Waals surface area contributed by atoms with Crippen molar-refractivity contribution in [3.8, 4) is 0 Å². The molecule has 1 aliphatic rings. The van der Waals surface area contributed by atoms with Crippen LogP contribution in [-0.4, -0.2) is 6.54 Å². The lowest BCUT2D eigenvalue weighted by Gasteiger charge is -2.15. The highest BCUT2D eigenvalue weighted by molar-refractivity contribution is 5.03. The quantitative estimate of drug-likeness (QED) is 0.669. The zero-order valence-corrected chi connectivity index (χ0v) is 9.60. The number of nitrogens with two attached hydrogens (primary N) is 1. The van der Waals surface area contributed by atoms with Crippen molar-refractivity contribution < 1.29 is 0 Å². The summed E-state index contributed by atoms with van der Waals surface area (Å²) >= 11 is 0. The summed E-state index contributed by atoms with van der Waals surface area (Å²) in [5.74, 6) is 0.867. The van der Waals surface area contributed by atoms with Gasteiger partial charge in [-0.3, -0.25) is 0 Å². The molecule has 0 saturated carbocycles. The van der Waals surface area contributed by atoms with Crippen LogP contribution in [0.4, 0.5) is 0 Å². The summed E-state index contributed by atoms with van der Waals surface area (Å²) in [7, 11) is 0. The molecule has 14 heavy (non-hydrogen) atoms. The third-order valence-electron chi connectivity index (χ3n) is 3.16. The van der Waals surface area contributed by atoms with Gasteiger partial charge in [-0.1, -0.05) is 44.3 Å². The van der Waals surface area contributed by atoms with E-state index in [1.54, 1.807) is 5.57 Å². The topological polar surface area (TPSA) is 26.0 Å². The Morgan fingerprint density at radius 2 is 2.07 bits per heavy atom. The molecular weight excluding hydrogens is 170 g/mol.